The monoisotopic (exact) mass is 283 g/mol. The van der Waals surface area contributed by atoms with Crippen LogP contribution in [0.1, 0.15) is 5.56 Å². The Hall–Kier alpha value is -0.980. The van der Waals surface area contributed by atoms with Gasteiger partial charge in [-0.1, -0.05) is 30.3 Å². The molecule has 0 saturated carbocycles. The molecule has 5 nitrogen and oxygen atoms in total. The van der Waals surface area contributed by atoms with E-state index in [1.807, 2.05) is 30.3 Å². The van der Waals surface area contributed by atoms with E-state index in [1.54, 1.807) is 7.11 Å². The van der Waals surface area contributed by atoms with Crippen molar-refractivity contribution < 1.29 is 19.3 Å². The quantitative estimate of drug-likeness (QED) is 0.556. The van der Waals surface area contributed by atoms with Crippen molar-refractivity contribution in [1.29, 1.82) is 0 Å². The van der Waals surface area contributed by atoms with Crippen molar-refractivity contribution in [2.45, 2.75) is 12.7 Å². The summed E-state index contributed by atoms with van der Waals surface area (Å²) in [5, 5.41) is 12.8. The molecule has 0 aromatic heterocycles. The van der Waals surface area contributed by atoms with Crippen LogP contribution in [0.3, 0.4) is 0 Å². The second-order valence-electron chi connectivity index (χ2n) is 4.46. The highest BCUT2D eigenvalue weighted by Gasteiger charge is 2.03. The molecule has 1 rings (SSSR count). The normalized spacial score (nSPS) is 12.5. The van der Waals surface area contributed by atoms with Crippen LogP contribution in [0.2, 0.25) is 0 Å². The second-order valence-corrected chi connectivity index (χ2v) is 4.46. The molecule has 1 aromatic carbocycles. The van der Waals surface area contributed by atoms with Crippen LogP contribution in [0.15, 0.2) is 30.3 Å². The number of rotatable bonds is 12. The molecule has 0 amide bonds. The van der Waals surface area contributed by atoms with Crippen LogP contribution < -0.4 is 5.32 Å². The van der Waals surface area contributed by atoms with E-state index in [-0.39, 0.29) is 0 Å². The Kier molecular flexibility index (Phi) is 10.1. The summed E-state index contributed by atoms with van der Waals surface area (Å²) in [6, 6.07) is 9.92. The van der Waals surface area contributed by atoms with Gasteiger partial charge in [-0.3, -0.25) is 0 Å². The van der Waals surface area contributed by atoms with Gasteiger partial charge < -0.3 is 24.6 Å². The third-order valence-electron chi connectivity index (χ3n) is 2.66. The summed E-state index contributed by atoms with van der Waals surface area (Å²) in [5.74, 6) is 0. The van der Waals surface area contributed by atoms with Crippen molar-refractivity contribution in [3.8, 4) is 0 Å². The maximum atomic E-state index is 9.72. The lowest BCUT2D eigenvalue weighted by Crippen LogP contribution is -2.32. The first-order valence-electron chi connectivity index (χ1n) is 6.90. The maximum Gasteiger partial charge on any atom is 0.0897 e. The van der Waals surface area contributed by atoms with Crippen LogP contribution in [0.25, 0.3) is 0 Å². The van der Waals surface area contributed by atoms with Crippen molar-refractivity contribution >= 4 is 0 Å². The molecule has 0 radical (unpaired) electrons. The van der Waals surface area contributed by atoms with Gasteiger partial charge in [-0.2, -0.15) is 0 Å². The van der Waals surface area contributed by atoms with E-state index in [4.69, 9.17) is 14.2 Å². The molecule has 0 aliphatic heterocycles. The van der Waals surface area contributed by atoms with Gasteiger partial charge >= 0.3 is 0 Å². The number of aliphatic hydroxyl groups excluding tert-OH is 1. The molecule has 1 atom stereocenters. The zero-order chi connectivity index (χ0) is 14.5. The van der Waals surface area contributed by atoms with Crippen LogP contribution in [0.4, 0.5) is 0 Å². The topological polar surface area (TPSA) is 60.0 Å². The molecule has 1 aromatic rings. The average molecular weight is 283 g/mol. The molecule has 0 aliphatic carbocycles. The van der Waals surface area contributed by atoms with Crippen LogP contribution in [0.5, 0.6) is 0 Å². The highest BCUT2D eigenvalue weighted by molar-refractivity contribution is 5.13. The van der Waals surface area contributed by atoms with E-state index in [0.717, 1.165) is 5.56 Å². The van der Waals surface area contributed by atoms with Crippen molar-refractivity contribution in [1.82, 2.24) is 5.32 Å². The molecular weight excluding hydrogens is 258 g/mol. The highest BCUT2D eigenvalue weighted by Crippen LogP contribution is 2.00. The first kappa shape index (κ1) is 17.1. The maximum absolute atomic E-state index is 9.72. The minimum absolute atomic E-state index is 0.326. The molecule has 5 heteroatoms. The number of hydrogen-bond donors (Lipinski definition) is 2. The van der Waals surface area contributed by atoms with Gasteiger partial charge in [-0.25, -0.2) is 0 Å². The molecule has 1 unspecified atom stereocenters. The number of aliphatic hydroxyl groups is 1. The molecule has 0 heterocycles. The Labute approximate surface area is 120 Å². The van der Waals surface area contributed by atoms with E-state index in [2.05, 4.69) is 5.32 Å². The third kappa shape index (κ3) is 9.01. The fourth-order valence-electron chi connectivity index (χ4n) is 1.60. The molecule has 114 valence electrons. The summed E-state index contributed by atoms with van der Waals surface area (Å²) >= 11 is 0. The van der Waals surface area contributed by atoms with Crippen molar-refractivity contribution in [2.75, 3.05) is 46.6 Å². The van der Waals surface area contributed by atoms with Gasteiger partial charge in [0.05, 0.1) is 39.1 Å². The Morgan fingerprint density at radius 2 is 1.90 bits per heavy atom. The van der Waals surface area contributed by atoms with Crippen LogP contribution in [0, 0.1) is 0 Å². The lowest BCUT2D eigenvalue weighted by molar-refractivity contribution is 0.0269. The highest BCUT2D eigenvalue weighted by atomic mass is 16.5. The van der Waals surface area contributed by atoms with Crippen molar-refractivity contribution in [3.05, 3.63) is 35.9 Å². The van der Waals surface area contributed by atoms with Crippen LogP contribution in [-0.2, 0) is 20.8 Å². The molecule has 0 bridgehead atoms. The van der Waals surface area contributed by atoms with Gasteiger partial charge in [0.1, 0.15) is 0 Å². The van der Waals surface area contributed by atoms with Crippen molar-refractivity contribution in [2.24, 2.45) is 0 Å². The third-order valence-corrected chi connectivity index (χ3v) is 2.66. The molecule has 0 spiro atoms. The Bertz CT molecular complexity index is 321. The molecule has 0 saturated heterocycles. The van der Waals surface area contributed by atoms with Crippen LogP contribution >= 0.6 is 0 Å². The summed E-state index contributed by atoms with van der Waals surface area (Å²) in [7, 11) is 1.65. The smallest absolute Gasteiger partial charge is 0.0897 e. The number of benzene rings is 1. The van der Waals surface area contributed by atoms with Crippen LogP contribution in [-0.4, -0.2) is 57.8 Å². The fourth-order valence-corrected chi connectivity index (χ4v) is 1.60. The van der Waals surface area contributed by atoms with E-state index in [0.29, 0.717) is 46.1 Å². The zero-order valence-corrected chi connectivity index (χ0v) is 12.1. The zero-order valence-electron chi connectivity index (χ0n) is 12.1. The van der Waals surface area contributed by atoms with E-state index < -0.39 is 6.10 Å². The number of nitrogens with one attached hydrogen (secondary N) is 1. The molecule has 0 aliphatic rings. The first-order chi connectivity index (χ1) is 9.83. The first-order valence-corrected chi connectivity index (χ1v) is 6.90. The number of ether oxygens (including phenoxy) is 3. The molecule has 0 fully saturated rings. The van der Waals surface area contributed by atoms with E-state index in [1.165, 1.54) is 0 Å². The van der Waals surface area contributed by atoms with Gasteiger partial charge in [0.2, 0.25) is 0 Å². The lowest BCUT2D eigenvalue weighted by atomic mass is 10.2. The van der Waals surface area contributed by atoms with E-state index >= 15 is 0 Å². The summed E-state index contributed by atoms with van der Waals surface area (Å²) in [6.07, 6.45) is -0.502. The Balaban J connectivity index is 1.91. The largest absolute Gasteiger partial charge is 0.389 e. The lowest BCUT2D eigenvalue weighted by Gasteiger charge is -2.12. The predicted octanol–water partition coefficient (Wildman–Crippen LogP) is 0.817. The van der Waals surface area contributed by atoms with Crippen molar-refractivity contribution in [3.63, 3.8) is 0 Å². The number of methoxy groups -OCH3 is 1. The summed E-state index contributed by atoms with van der Waals surface area (Å²) < 4.78 is 15.6. The fraction of sp³-hybridized carbons (Fsp3) is 0.600. The summed E-state index contributed by atoms with van der Waals surface area (Å²) in [6.45, 7) is 3.88. The van der Waals surface area contributed by atoms with Gasteiger partial charge in [0.25, 0.3) is 0 Å². The standard InChI is InChI=1S/C15H25NO4/c1-18-9-10-19-8-7-16-11-15(17)13-20-12-14-5-3-2-4-6-14/h2-6,15-17H,7-13H2,1H3. The average Bonchev–Trinajstić information content (AvgIpc) is 2.47. The second kappa shape index (κ2) is 11.8. The van der Waals surface area contributed by atoms with Gasteiger partial charge in [0.15, 0.2) is 0 Å². The minimum Gasteiger partial charge on any atom is -0.389 e. The number of hydrogen-bond acceptors (Lipinski definition) is 5. The summed E-state index contributed by atoms with van der Waals surface area (Å²) in [5.41, 5.74) is 1.11. The minimum atomic E-state index is -0.502. The molecular formula is C15H25NO4. The van der Waals surface area contributed by atoms with Gasteiger partial charge in [-0.15, -0.1) is 0 Å². The molecule has 20 heavy (non-hydrogen) atoms. The van der Waals surface area contributed by atoms with Gasteiger partial charge in [-0.05, 0) is 5.56 Å². The Morgan fingerprint density at radius 1 is 1.10 bits per heavy atom. The van der Waals surface area contributed by atoms with E-state index in [9.17, 15) is 5.11 Å². The van der Waals surface area contributed by atoms with Gasteiger partial charge in [0, 0.05) is 20.2 Å². The molecule has 2 N–H and O–H groups in total. The SMILES string of the molecule is COCCOCCNCC(O)COCc1ccccc1. The predicted molar refractivity (Wildman–Crippen MR) is 77.7 cm³/mol. The summed E-state index contributed by atoms with van der Waals surface area (Å²) in [4.78, 5) is 0. The Morgan fingerprint density at radius 3 is 2.65 bits per heavy atom.